The number of ether oxygens (including phenoxy) is 3. The van der Waals surface area contributed by atoms with E-state index in [-0.39, 0.29) is 23.3 Å². The fraction of sp³-hybridized carbons (Fsp3) is 0.531. The fourth-order valence-electron chi connectivity index (χ4n) is 5.38. The van der Waals surface area contributed by atoms with Gasteiger partial charge in [-0.1, -0.05) is 12.5 Å². The first-order valence-corrected chi connectivity index (χ1v) is 14.6. The van der Waals surface area contributed by atoms with Gasteiger partial charge in [-0.15, -0.1) is 0 Å². The molecule has 1 aliphatic rings. The van der Waals surface area contributed by atoms with Crippen LogP contribution in [0.2, 0.25) is 0 Å². The number of fused-ring (bicyclic) bond motifs is 3. The van der Waals surface area contributed by atoms with Crippen LogP contribution in [0.15, 0.2) is 29.1 Å². The van der Waals surface area contributed by atoms with Gasteiger partial charge in [0.05, 0.1) is 33.1 Å². The van der Waals surface area contributed by atoms with Crippen molar-refractivity contribution in [1.29, 1.82) is 0 Å². The number of carbonyl (C=O) groups excluding carboxylic acids is 2. The van der Waals surface area contributed by atoms with Crippen molar-refractivity contribution in [1.82, 2.24) is 15.5 Å². The van der Waals surface area contributed by atoms with Gasteiger partial charge >= 0.3 is 0 Å². The van der Waals surface area contributed by atoms with Gasteiger partial charge in [-0.2, -0.15) is 0 Å². The van der Waals surface area contributed by atoms with E-state index in [0.29, 0.717) is 55.3 Å². The molecule has 0 aromatic heterocycles. The number of anilines is 1. The van der Waals surface area contributed by atoms with Crippen LogP contribution in [0.1, 0.15) is 62.6 Å². The quantitative estimate of drug-likeness (QED) is 0.271. The maximum atomic E-state index is 13.4. The standard InChI is InChI=1S/C32H46N4O6/c1-21(37)35-25-14-12-22-19-28(40-4)31(41-5)32(42-6)30(22)23-13-15-26(27(38)20-24(23)25)33-16-9-7-8-11-29(39)34-17-10-18-36(2)3/h13,15,19-20,25H,7-12,14,16-18H2,1-6H3,(H,33,38)(H,34,39)(H,35,37)/t25-/m1/s1. The molecule has 0 radical (unpaired) electrons. The highest BCUT2D eigenvalue weighted by molar-refractivity contribution is 5.83. The number of aryl methyl sites for hydroxylation is 1. The Morgan fingerprint density at radius 1 is 0.952 bits per heavy atom. The molecule has 1 atom stereocenters. The van der Waals surface area contributed by atoms with Crippen molar-refractivity contribution in [2.24, 2.45) is 0 Å². The van der Waals surface area contributed by atoms with E-state index in [9.17, 15) is 14.4 Å². The van der Waals surface area contributed by atoms with Gasteiger partial charge in [-0.05, 0) is 87.6 Å². The van der Waals surface area contributed by atoms with Crippen molar-refractivity contribution in [3.05, 3.63) is 45.6 Å². The minimum absolute atomic E-state index is 0.0822. The molecule has 0 saturated heterocycles. The Balaban J connectivity index is 1.78. The van der Waals surface area contributed by atoms with Crippen LogP contribution in [-0.2, 0) is 16.0 Å². The zero-order chi connectivity index (χ0) is 30.6. The normalized spacial score (nSPS) is 13.8. The third kappa shape index (κ3) is 8.61. The highest BCUT2D eigenvalue weighted by Crippen LogP contribution is 2.50. The van der Waals surface area contributed by atoms with Crippen molar-refractivity contribution >= 4 is 17.5 Å². The molecular weight excluding hydrogens is 536 g/mol. The van der Waals surface area contributed by atoms with E-state index in [1.165, 1.54) is 6.92 Å². The fourth-order valence-corrected chi connectivity index (χ4v) is 5.38. The maximum absolute atomic E-state index is 13.4. The average molecular weight is 583 g/mol. The molecule has 0 bridgehead atoms. The number of carbonyl (C=O) groups is 2. The molecule has 0 fully saturated rings. The zero-order valence-corrected chi connectivity index (χ0v) is 25.9. The predicted octanol–water partition coefficient (Wildman–Crippen LogP) is 3.90. The number of benzene rings is 1. The Labute approximate surface area is 249 Å². The molecule has 2 aromatic carbocycles. The van der Waals surface area contributed by atoms with Gasteiger partial charge in [0.25, 0.3) is 0 Å². The topological polar surface area (TPSA) is 118 Å². The second-order valence-corrected chi connectivity index (χ2v) is 10.8. The molecule has 10 heteroatoms. The Hall–Kier alpha value is -3.79. The average Bonchev–Trinajstić information content (AvgIpc) is 3.20. The molecule has 0 heterocycles. The summed E-state index contributed by atoms with van der Waals surface area (Å²) in [5, 5.41) is 9.28. The van der Waals surface area contributed by atoms with E-state index >= 15 is 0 Å². The minimum atomic E-state index is -0.353. The Morgan fingerprint density at radius 2 is 1.71 bits per heavy atom. The van der Waals surface area contributed by atoms with Crippen LogP contribution in [-0.4, -0.2) is 71.8 Å². The van der Waals surface area contributed by atoms with Crippen molar-refractivity contribution < 1.29 is 23.8 Å². The van der Waals surface area contributed by atoms with Crippen LogP contribution in [0.3, 0.4) is 0 Å². The zero-order valence-electron chi connectivity index (χ0n) is 25.9. The third-order valence-electron chi connectivity index (χ3n) is 7.42. The van der Waals surface area contributed by atoms with Crippen LogP contribution in [0.25, 0.3) is 11.1 Å². The first kappa shape index (κ1) is 32.7. The van der Waals surface area contributed by atoms with E-state index in [2.05, 4.69) is 20.9 Å². The molecule has 230 valence electrons. The number of rotatable bonds is 15. The highest BCUT2D eigenvalue weighted by atomic mass is 16.5. The largest absolute Gasteiger partial charge is 0.493 e. The van der Waals surface area contributed by atoms with Gasteiger partial charge in [0, 0.05) is 32.0 Å². The van der Waals surface area contributed by atoms with Gasteiger partial charge in [-0.25, -0.2) is 0 Å². The van der Waals surface area contributed by atoms with Gasteiger partial charge in [0.1, 0.15) is 0 Å². The molecule has 42 heavy (non-hydrogen) atoms. The molecule has 0 spiro atoms. The summed E-state index contributed by atoms with van der Waals surface area (Å²) in [6.45, 7) is 3.73. The summed E-state index contributed by atoms with van der Waals surface area (Å²) in [7, 11) is 8.76. The van der Waals surface area contributed by atoms with E-state index in [0.717, 1.165) is 54.5 Å². The number of amides is 2. The number of hydrogen-bond donors (Lipinski definition) is 3. The summed E-state index contributed by atoms with van der Waals surface area (Å²) in [6, 6.07) is 6.90. The minimum Gasteiger partial charge on any atom is -0.493 e. The van der Waals surface area contributed by atoms with E-state index in [1.54, 1.807) is 33.5 Å². The van der Waals surface area contributed by atoms with Crippen LogP contribution in [0.4, 0.5) is 5.69 Å². The smallest absolute Gasteiger partial charge is 0.219 e. The summed E-state index contributed by atoms with van der Waals surface area (Å²) in [5.74, 6) is 1.46. The van der Waals surface area contributed by atoms with E-state index < -0.39 is 0 Å². The van der Waals surface area contributed by atoms with E-state index in [4.69, 9.17) is 14.2 Å². The summed E-state index contributed by atoms with van der Waals surface area (Å²) >= 11 is 0. The number of hydrogen-bond acceptors (Lipinski definition) is 8. The number of unbranched alkanes of at least 4 members (excludes halogenated alkanes) is 2. The molecule has 0 aliphatic heterocycles. The molecule has 0 saturated carbocycles. The number of nitrogens with zero attached hydrogens (tertiary/aromatic N) is 1. The lowest BCUT2D eigenvalue weighted by Gasteiger charge is -2.19. The summed E-state index contributed by atoms with van der Waals surface area (Å²) in [5.41, 5.74) is 3.63. The monoisotopic (exact) mass is 582 g/mol. The van der Waals surface area contributed by atoms with Crippen LogP contribution >= 0.6 is 0 Å². The second-order valence-electron chi connectivity index (χ2n) is 10.8. The first-order valence-electron chi connectivity index (χ1n) is 14.6. The Morgan fingerprint density at radius 3 is 2.38 bits per heavy atom. The summed E-state index contributed by atoms with van der Waals surface area (Å²) in [6.07, 6.45) is 5.18. The molecule has 3 rings (SSSR count). The van der Waals surface area contributed by atoms with Crippen LogP contribution < -0.4 is 35.6 Å². The van der Waals surface area contributed by atoms with Gasteiger partial charge in [-0.3, -0.25) is 14.4 Å². The molecule has 1 aliphatic carbocycles. The number of nitrogens with one attached hydrogen (secondary N) is 3. The lowest BCUT2D eigenvalue weighted by molar-refractivity contribution is -0.121. The van der Waals surface area contributed by atoms with Crippen LogP contribution in [0, 0.1) is 0 Å². The summed E-state index contributed by atoms with van der Waals surface area (Å²) < 4.78 is 17.1. The van der Waals surface area contributed by atoms with Crippen molar-refractivity contribution in [3.63, 3.8) is 0 Å². The molecule has 2 amide bonds. The van der Waals surface area contributed by atoms with Gasteiger partial charge in [0.15, 0.2) is 11.5 Å². The highest BCUT2D eigenvalue weighted by Gasteiger charge is 2.29. The third-order valence-corrected chi connectivity index (χ3v) is 7.42. The predicted molar refractivity (Wildman–Crippen MR) is 166 cm³/mol. The van der Waals surface area contributed by atoms with Gasteiger partial charge < -0.3 is 35.1 Å². The second kappa shape index (κ2) is 16.0. The number of methoxy groups -OCH3 is 3. The van der Waals surface area contributed by atoms with Crippen molar-refractivity contribution in [3.8, 4) is 28.4 Å². The molecule has 10 nitrogen and oxygen atoms in total. The van der Waals surface area contributed by atoms with Crippen LogP contribution in [0.5, 0.6) is 17.2 Å². The van der Waals surface area contributed by atoms with Crippen molar-refractivity contribution in [2.75, 3.05) is 60.4 Å². The Bertz CT molecular complexity index is 1300. The Kier molecular flexibility index (Phi) is 12.5. The van der Waals surface area contributed by atoms with E-state index in [1.807, 2.05) is 26.2 Å². The molecular formula is C32H46N4O6. The van der Waals surface area contributed by atoms with Gasteiger partial charge in [0.2, 0.25) is 23.0 Å². The lowest BCUT2D eigenvalue weighted by atomic mass is 9.95. The van der Waals surface area contributed by atoms with Crippen molar-refractivity contribution in [2.45, 2.75) is 57.9 Å². The molecule has 3 N–H and O–H groups in total. The molecule has 0 unspecified atom stereocenters. The summed E-state index contributed by atoms with van der Waals surface area (Å²) in [4.78, 5) is 39.7. The molecule has 2 aromatic rings. The first-order chi connectivity index (χ1) is 20.2. The lowest BCUT2D eigenvalue weighted by Crippen LogP contribution is -2.26. The maximum Gasteiger partial charge on any atom is 0.219 e. The SMILES string of the molecule is COc1cc2c(c(OC)c1OC)-c1ccc(NCCCCCC(=O)NCCCN(C)C)c(=O)cc1[C@H](NC(C)=O)CC2.